The Morgan fingerprint density at radius 3 is 1.86 bits per heavy atom. The molecule has 8 heteroatoms. The normalized spacial score (nSPS) is 23.6. The Balaban J connectivity index is 1.33. The summed E-state index contributed by atoms with van der Waals surface area (Å²) in [6, 6.07) is 30.4. The lowest BCUT2D eigenvalue weighted by atomic mass is 9.80. The molecule has 8 nitrogen and oxygen atoms in total. The van der Waals surface area contributed by atoms with Gasteiger partial charge in [0.15, 0.2) is 17.4 Å². The van der Waals surface area contributed by atoms with E-state index in [9.17, 15) is 0 Å². The van der Waals surface area contributed by atoms with Gasteiger partial charge in [-0.15, -0.1) is 0 Å². The molecule has 3 heterocycles. The smallest absolute Gasteiger partial charge is 0.212 e. The molecule has 0 radical (unpaired) electrons. The first-order valence-corrected chi connectivity index (χ1v) is 14.3. The maximum Gasteiger partial charge on any atom is 0.212 e. The lowest BCUT2D eigenvalue weighted by molar-refractivity contribution is -0.174. The predicted molar refractivity (Wildman–Crippen MR) is 159 cm³/mol. The van der Waals surface area contributed by atoms with Crippen LogP contribution in [0.1, 0.15) is 68.9 Å². The number of ether oxygens (including phenoxy) is 4. The van der Waals surface area contributed by atoms with Crippen molar-refractivity contribution < 1.29 is 23.8 Å². The molecule has 0 spiro atoms. The van der Waals surface area contributed by atoms with Crippen LogP contribution in [0.5, 0.6) is 0 Å². The monoisotopic (exact) mass is 567 g/mol. The van der Waals surface area contributed by atoms with Crippen molar-refractivity contribution >= 4 is 5.71 Å². The van der Waals surface area contributed by atoms with E-state index in [2.05, 4.69) is 51.5 Å². The number of oxime groups is 1. The standard InChI is InChI=1S/C34H37N3O5/c1-23(31-35-21-27(36-31)29-30(41-33(4,5)40-29)28-22-38-32(2,3)39-28)37-42-34(24-15-9-6-10-16-24,25-17-11-7-12-18-25)26-19-13-8-14-20-26/h6-21,28-30H,22H2,1-5H3,(H,35,36)/b37-23+/t28-,29-,30-/m1/s1. The van der Waals surface area contributed by atoms with Crippen LogP contribution in [-0.4, -0.2) is 46.1 Å². The van der Waals surface area contributed by atoms with E-state index in [4.69, 9.17) is 23.8 Å². The summed E-state index contributed by atoms with van der Waals surface area (Å²) in [5.41, 5.74) is 3.26. The number of rotatable bonds is 8. The zero-order valence-electron chi connectivity index (χ0n) is 24.6. The molecular weight excluding hydrogens is 530 g/mol. The maximum atomic E-state index is 6.63. The molecule has 3 aromatic carbocycles. The molecule has 0 aliphatic carbocycles. The van der Waals surface area contributed by atoms with E-state index >= 15 is 0 Å². The van der Waals surface area contributed by atoms with E-state index in [0.29, 0.717) is 18.1 Å². The minimum Gasteiger partial charge on any atom is -0.374 e. The van der Waals surface area contributed by atoms with Crippen molar-refractivity contribution in [2.24, 2.45) is 5.16 Å². The molecule has 2 aliphatic rings. The molecule has 0 amide bonds. The molecule has 218 valence electrons. The molecule has 0 unspecified atom stereocenters. The molecule has 3 atom stereocenters. The SMILES string of the molecule is C/C(=N\OC(c1ccccc1)(c1ccccc1)c1ccccc1)c1ncc([C@H]2OC(C)(C)O[C@@H]2[C@H]2COC(C)(C)O2)[nH]1. The Bertz CT molecular complexity index is 1420. The summed E-state index contributed by atoms with van der Waals surface area (Å²) in [6.45, 7) is 9.89. The van der Waals surface area contributed by atoms with Crippen molar-refractivity contribution in [2.45, 2.75) is 70.1 Å². The van der Waals surface area contributed by atoms with Gasteiger partial charge < -0.3 is 28.8 Å². The second-order valence-corrected chi connectivity index (χ2v) is 11.6. The average Bonchev–Trinajstić information content (AvgIpc) is 3.71. The third-order valence-corrected chi connectivity index (χ3v) is 7.63. The number of aromatic nitrogens is 2. The largest absolute Gasteiger partial charge is 0.374 e. The number of hydrogen-bond donors (Lipinski definition) is 1. The van der Waals surface area contributed by atoms with E-state index in [1.165, 1.54) is 0 Å². The van der Waals surface area contributed by atoms with Gasteiger partial charge in [0.05, 0.1) is 18.5 Å². The Morgan fingerprint density at radius 1 is 0.810 bits per heavy atom. The van der Waals surface area contributed by atoms with Gasteiger partial charge in [0.1, 0.15) is 24.0 Å². The van der Waals surface area contributed by atoms with Gasteiger partial charge in [-0.2, -0.15) is 0 Å². The van der Waals surface area contributed by atoms with E-state index in [1.54, 1.807) is 6.20 Å². The highest BCUT2D eigenvalue weighted by Gasteiger charge is 2.51. The van der Waals surface area contributed by atoms with Gasteiger partial charge in [-0.3, -0.25) is 0 Å². The van der Waals surface area contributed by atoms with Gasteiger partial charge in [-0.1, -0.05) is 96.2 Å². The second-order valence-electron chi connectivity index (χ2n) is 11.6. The van der Waals surface area contributed by atoms with Crippen molar-refractivity contribution in [3.8, 4) is 0 Å². The zero-order chi connectivity index (χ0) is 29.4. The number of imidazole rings is 1. The number of nitrogens with one attached hydrogen (secondary N) is 1. The van der Waals surface area contributed by atoms with E-state index in [1.807, 2.05) is 89.2 Å². The van der Waals surface area contributed by atoms with E-state index < -0.39 is 23.3 Å². The van der Waals surface area contributed by atoms with Crippen molar-refractivity contribution in [3.63, 3.8) is 0 Å². The zero-order valence-corrected chi connectivity index (χ0v) is 24.6. The van der Waals surface area contributed by atoms with Crippen LogP contribution in [0.2, 0.25) is 0 Å². The fourth-order valence-corrected chi connectivity index (χ4v) is 5.70. The number of benzene rings is 3. The van der Waals surface area contributed by atoms with E-state index in [0.717, 1.165) is 22.4 Å². The van der Waals surface area contributed by atoms with Crippen LogP contribution >= 0.6 is 0 Å². The highest BCUT2D eigenvalue weighted by Crippen LogP contribution is 2.43. The molecule has 0 bridgehead atoms. The Labute approximate surface area is 246 Å². The predicted octanol–water partition coefficient (Wildman–Crippen LogP) is 6.49. The van der Waals surface area contributed by atoms with Gasteiger partial charge in [-0.05, 0) is 34.6 Å². The summed E-state index contributed by atoms with van der Waals surface area (Å²) in [4.78, 5) is 14.7. The van der Waals surface area contributed by atoms with Crippen LogP contribution in [0.3, 0.4) is 0 Å². The molecule has 42 heavy (non-hydrogen) atoms. The first-order valence-electron chi connectivity index (χ1n) is 14.3. The topological polar surface area (TPSA) is 87.2 Å². The first kappa shape index (κ1) is 28.3. The number of aromatic amines is 1. The summed E-state index contributed by atoms with van der Waals surface area (Å²) in [5, 5.41) is 4.69. The van der Waals surface area contributed by atoms with Crippen LogP contribution in [0.15, 0.2) is 102 Å². The summed E-state index contributed by atoms with van der Waals surface area (Å²) in [6.07, 6.45) is 0.691. The summed E-state index contributed by atoms with van der Waals surface area (Å²) in [7, 11) is 0. The molecule has 1 N–H and O–H groups in total. The first-order chi connectivity index (χ1) is 20.2. The fourth-order valence-electron chi connectivity index (χ4n) is 5.70. The van der Waals surface area contributed by atoms with Crippen LogP contribution in [0.4, 0.5) is 0 Å². The molecule has 2 fully saturated rings. The highest BCUT2D eigenvalue weighted by molar-refractivity contribution is 5.95. The average molecular weight is 568 g/mol. The van der Waals surface area contributed by atoms with Crippen molar-refractivity contribution in [1.29, 1.82) is 0 Å². The minimum atomic E-state index is -0.982. The number of H-pyrrole nitrogens is 1. The fraction of sp³-hybridized carbons (Fsp3) is 0.353. The molecule has 2 saturated heterocycles. The quantitative estimate of drug-likeness (QED) is 0.149. The highest BCUT2D eigenvalue weighted by atomic mass is 16.8. The Hall–Kier alpha value is -3.82. The van der Waals surface area contributed by atoms with Crippen molar-refractivity contribution in [3.05, 3.63) is 125 Å². The van der Waals surface area contributed by atoms with Gasteiger partial charge >= 0.3 is 0 Å². The van der Waals surface area contributed by atoms with Gasteiger partial charge in [0.25, 0.3) is 0 Å². The Morgan fingerprint density at radius 2 is 1.36 bits per heavy atom. The number of nitrogens with zero attached hydrogens (tertiary/aromatic N) is 2. The summed E-state index contributed by atoms with van der Waals surface area (Å²) >= 11 is 0. The van der Waals surface area contributed by atoms with Gasteiger partial charge in [-0.25, -0.2) is 4.98 Å². The van der Waals surface area contributed by atoms with Gasteiger partial charge in [0, 0.05) is 16.7 Å². The van der Waals surface area contributed by atoms with Crippen molar-refractivity contribution in [1.82, 2.24) is 9.97 Å². The van der Waals surface area contributed by atoms with Crippen molar-refractivity contribution in [2.75, 3.05) is 6.61 Å². The van der Waals surface area contributed by atoms with E-state index in [-0.39, 0.29) is 12.2 Å². The maximum absolute atomic E-state index is 6.63. The van der Waals surface area contributed by atoms with Gasteiger partial charge in [0.2, 0.25) is 5.60 Å². The summed E-state index contributed by atoms with van der Waals surface area (Å²) < 4.78 is 24.5. The van der Waals surface area contributed by atoms with Crippen LogP contribution in [0.25, 0.3) is 0 Å². The third kappa shape index (κ3) is 5.51. The minimum absolute atomic E-state index is 0.278. The van der Waals surface area contributed by atoms with Crippen LogP contribution in [0, 0.1) is 0 Å². The second kappa shape index (κ2) is 11.1. The molecule has 2 aliphatic heterocycles. The summed E-state index contributed by atoms with van der Waals surface area (Å²) in [5.74, 6) is -0.888. The Kier molecular flexibility index (Phi) is 7.49. The van der Waals surface area contributed by atoms with Crippen LogP contribution in [-0.2, 0) is 29.4 Å². The molecule has 4 aromatic rings. The van der Waals surface area contributed by atoms with Crippen LogP contribution < -0.4 is 0 Å². The third-order valence-electron chi connectivity index (χ3n) is 7.63. The lowest BCUT2D eigenvalue weighted by Crippen LogP contribution is -2.35. The molecule has 6 rings (SSSR count). The molecule has 0 saturated carbocycles. The number of hydrogen-bond acceptors (Lipinski definition) is 7. The molecular formula is C34H37N3O5. The lowest BCUT2D eigenvalue weighted by Gasteiger charge is -2.33. The molecule has 1 aromatic heterocycles.